The molecule has 4 nitrogen and oxygen atoms in total. The van der Waals surface area contributed by atoms with Gasteiger partial charge in [0.1, 0.15) is 0 Å². The Labute approximate surface area is 93.3 Å². The molecule has 5 heteroatoms. The molecule has 0 bridgehead atoms. The van der Waals surface area contributed by atoms with Gasteiger partial charge in [-0.25, -0.2) is 4.37 Å². The average molecular weight is 228 g/mol. The molecule has 2 heterocycles. The van der Waals surface area contributed by atoms with Crippen LogP contribution in [0.1, 0.15) is 11.3 Å². The molecule has 1 fully saturated rings. The topological polar surface area (TPSA) is 56.6 Å². The predicted molar refractivity (Wildman–Crippen MR) is 58.9 cm³/mol. The van der Waals surface area contributed by atoms with Crippen LogP contribution in [0.5, 0.6) is 0 Å². The van der Waals surface area contributed by atoms with Gasteiger partial charge in [0, 0.05) is 30.2 Å². The van der Waals surface area contributed by atoms with Crippen molar-refractivity contribution in [2.75, 3.05) is 19.7 Å². The van der Waals surface area contributed by atoms with E-state index in [9.17, 15) is 5.11 Å². The van der Waals surface area contributed by atoms with E-state index < -0.39 is 0 Å². The quantitative estimate of drug-likeness (QED) is 0.768. The molecule has 1 aromatic heterocycles. The molecule has 2 rings (SSSR count). The Morgan fingerprint density at radius 1 is 1.60 bits per heavy atom. The fourth-order valence-corrected chi connectivity index (χ4v) is 2.61. The number of aliphatic hydroxyl groups is 2. The molecule has 2 N–H and O–H groups in total. The predicted octanol–water partition coefficient (Wildman–Crippen LogP) is 0.113. The number of rotatable bonds is 4. The van der Waals surface area contributed by atoms with Gasteiger partial charge in [-0.1, -0.05) is 0 Å². The minimum Gasteiger partial charge on any atom is -0.395 e. The Morgan fingerprint density at radius 3 is 3.13 bits per heavy atom. The van der Waals surface area contributed by atoms with Gasteiger partial charge in [-0.2, -0.15) is 0 Å². The first-order valence-corrected chi connectivity index (χ1v) is 5.99. The Balaban J connectivity index is 1.83. The Morgan fingerprint density at radius 2 is 2.47 bits per heavy atom. The van der Waals surface area contributed by atoms with E-state index in [0.29, 0.717) is 13.0 Å². The zero-order valence-electron chi connectivity index (χ0n) is 8.54. The molecule has 2 atom stereocenters. The molecule has 1 saturated heterocycles. The van der Waals surface area contributed by atoms with Crippen LogP contribution >= 0.6 is 11.5 Å². The van der Waals surface area contributed by atoms with E-state index in [2.05, 4.69) is 9.27 Å². The lowest BCUT2D eigenvalue weighted by Crippen LogP contribution is -2.34. The lowest BCUT2D eigenvalue weighted by molar-refractivity contribution is 0.157. The first kappa shape index (κ1) is 11.0. The SMILES string of the molecule is OC[C@@H]1C[C@@H](O)CN1CCc1ccns1. The van der Waals surface area contributed by atoms with Crippen molar-refractivity contribution in [3.05, 3.63) is 17.1 Å². The molecule has 0 aliphatic carbocycles. The van der Waals surface area contributed by atoms with Gasteiger partial charge in [0.15, 0.2) is 0 Å². The summed E-state index contributed by atoms with van der Waals surface area (Å²) < 4.78 is 4.05. The summed E-state index contributed by atoms with van der Waals surface area (Å²) in [5.41, 5.74) is 0. The van der Waals surface area contributed by atoms with Gasteiger partial charge in [0.2, 0.25) is 0 Å². The summed E-state index contributed by atoms with van der Waals surface area (Å²) >= 11 is 1.51. The van der Waals surface area contributed by atoms with Gasteiger partial charge in [-0.15, -0.1) is 0 Å². The summed E-state index contributed by atoms with van der Waals surface area (Å²) in [5, 5.41) is 18.6. The van der Waals surface area contributed by atoms with Crippen molar-refractivity contribution < 1.29 is 10.2 Å². The second-order valence-electron chi connectivity index (χ2n) is 3.95. The summed E-state index contributed by atoms with van der Waals surface area (Å²) in [5.74, 6) is 0. The van der Waals surface area contributed by atoms with E-state index in [1.54, 1.807) is 0 Å². The van der Waals surface area contributed by atoms with Gasteiger partial charge in [0.05, 0.1) is 12.7 Å². The summed E-state index contributed by atoms with van der Waals surface area (Å²) in [4.78, 5) is 3.41. The highest BCUT2D eigenvalue weighted by atomic mass is 32.1. The lowest BCUT2D eigenvalue weighted by atomic mass is 10.2. The van der Waals surface area contributed by atoms with E-state index >= 15 is 0 Å². The van der Waals surface area contributed by atoms with E-state index in [-0.39, 0.29) is 18.8 Å². The van der Waals surface area contributed by atoms with E-state index in [1.807, 2.05) is 12.3 Å². The number of hydrogen-bond acceptors (Lipinski definition) is 5. The summed E-state index contributed by atoms with van der Waals surface area (Å²) in [6, 6.07) is 2.15. The van der Waals surface area contributed by atoms with Gasteiger partial charge in [-0.3, -0.25) is 4.90 Å². The van der Waals surface area contributed by atoms with Crippen molar-refractivity contribution in [1.29, 1.82) is 0 Å². The maximum absolute atomic E-state index is 9.50. The van der Waals surface area contributed by atoms with Crippen molar-refractivity contribution >= 4 is 11.5 Å². The summed E-state index contributed by atoms with van der Waals surface area (Å²) in [6.45, 7) is 1.72. The lowest BCUT2D eigenvalue weighted by Gasteiger charge is -2.21. The standard InChI is InChI=1S/C10H16N2O2S/c13-7-8-5-9(14)6-12(8)4-2-10-1-3-11-15-10/h1,3,8-9,13-14H,2,4-7H2/t8-,9+/m0/s1. The Hall–Kier alpha value is -0.490. The molecule has 0 radical (unpaired) electrons. The highest BCUT2D eigenvalue weighted by Crippen LogP contribution is 2.18. The highest BCUT2D eigenvalue weighted by Gasteiger charge is 2.29. The van der Waals surface area contributed by atoms with Crippen LogP contribution in [0.2, 0.25) is 0 Å². The van der Waals surface area contributed by atoms with Gasteiger partial charge >= 0.3 is 0 Å². The van der Waals surface area contributed by atoms with Crippen LogP contribution in [0, 0.1) is 0 Å². The van der Waals surface area contributed by atoms with Crippen LogP contribution in [0.25, 0.3) is 0 Å². The van der Waals surface area contributed by atoms with Crippen molar-refractivity contribution in [3.8, 4) is 0 Å². The van der Waals surface area contributed by atoms with Crippen LogP contribution in [-0.2, 0) is 6.42 Å². The first-order valence-electron chi connectivity index (χ1n) is 5.22. The number of likely N-dealkylation sites (tertiary alicyclic amines) is 1. The van der Waals surface area contributed by atoms with Gasteiger partial charge < -0.3 is 10.2 Å². The molecular formula is C10H16N2O2S. The Bertz CT molecular complexity index is 292. The third-order valence-electron chi connectivity index (χ3n) is 2.85. The van der Waals surface area contributed by atoms with Crippen molar-refractivity contribution in [1.82, 2.24) is 9.27 Å². The van der Waals surface area contributed by atoms with Crippen molar-refractivity contribution in [2.24, 2.45) is 0 Å². The van der Waals surface area contributed by atoms with Crippen LogP contribution in [0.3, 0.4) is 0 Å². The number of β-amino-alcohol motifs (C(OH)–C–C–N with tert-alkyl or cyclic N) is 1. The monoisotopic (exact) mass is 228 g/mol. The van der Waals surface area contributed by atoms with Crippen LogP contribution in [0.4, 0.5) is 0 Å². The third-order valence-corrected chi connectivity index (χ3v) is 3.66. The highest BCUT2D eigenvalue weighted by molar-refractivity contribution is 7.05. The number of nitrogens with zero attached hydrogens (tertiary/aromatic N) is 2. The van der Waals surface area contributed by atoms with Crippen molar-refractivity contribution in [2.45, 2.75) is 25.0 Å². The molecule has 15 heavy (non-hydrogen) atoms. The number of hydrogen-bond donors (Lipinski definition) is 2. The zero-order chi connectivity index (χ0) is 10.7. The molecule has 1 aliphatic rings. The largest absolute Gasteiger partial charge is 0.395 e. The van der Waals surface area contributed by atoms with Gasteiger partial charge in [-0.05, 0) is 30.4 Å². The van der Waals surface area contributed by atoms with E-state index in [4.69, 9.17) is 5.11 Å². The van der Waals surface area contributed by atoms with Crippen LogP contribution < -0.4 is 0 Å². The maximum Gasteiger partial charge on any atom is 0.0683 e. The normalized spacial score (nSPS) is 27.3. The summed E-state index contributed by atoms with van der Waals surface area (Å²) in [7, 11) is 0. The molecule has 0 saturated carbocycles. The minimum absolute atomic E-state index is 0.132. The molecule has 0 unspecified atom stereocenters. The molecule has 1 aromatic rings. The molecule has 1 aliphatic heterocycles. The second-order valence-corrected chi connectivity index (χ2v) is 4.87. The molecular weight excluding hydrogens is 212 g/mol. The maximum atomic E-state index is 9.50. The average Bonchev–Trinajstić information content (AvgIpc) is 2.83. The van der Waals surface area contributed by atoms with Crippen LogP contribution in [-0.4, -0.2) is 51.3 Å². The smallest absolute Gasteiger partial charge is 0.0683 e. The second kappa shape index (κ2) is 5.03. The van der Waals surface area contributed by atoms with Crippen LogP contribution in [0.15, 0.2) is 12.3 Å². The van der Waals surface area contributed by atoms with Gasteiger partial charge in [0.25, 0.3) is 0 Å². The Kier molecular flexibility index (Phi) is 3.69. The minimum atomic E-state index is -0.274. The van der Waals surface area contributed by atoms with E-state index in [0.717, 1.165) is 13.0 Å². The molecule has 0 amide bonds. The molecule has 0 aromatic carbocycles. The first-order chi connectivity index (χ1) is 7.29. The van der Waals surface area contributed by atoms with E-state index in [1.165, 1.54) is 16.4 Å². The fraction of sp³-hybridized carbons (Fsp3) is 0.700. The zero-order valence-corrected chi connectivity index (χ0v) is 9.36. The number of aliphatic hydroxyl groups excluding tert-OH is 2. The molecule has 0 spiro atoms. The fourth-order valence-electron chi connectivity index (χ4n) is 2.05. The summed E-state index contributed by atoms with van der Waals surface area (Å²) in [6.07, 6.45) is 3.18. The third kappa shape index (κ3) is 2.75. The molecule has 84 valence electrons. The van der Waals surface area contributed by atoms with Crippen molar-refractivity contribution in [3.63, 3.8) is 0 Å². The number of aromatic nitrogens is 1.